The predicted octanol–water partition coefficient (Wildman–Crippen LogP) is 3.83. The van der Waals surface area contributed by atoms with Gasteiger partial charge >= 0.3 is 0 Å². The molecule has 0 aliphatic heterocycles. The Balaban J connectivity index is 2.21. The van der Waals surface area contributed by atoms with Crippen LogP contribution in [0, 0.1) is 20.2 Å². The molecule has 0 spiro atoms. The number of nitro groups is 2. The first kappa shape index (κ1) is 19.0. The molecule has 0 radical (unpaired) electrons. The van der Waals surface area contributed by atoms with E-state index in [0.29, 0.717) is 22.7 Å². The van der Waals surface area contributed by atoms with E-state index in [1.807, 2.05) is 0 Å². The van der Waals surface area contributed by atoms with E-state index in [1.165, 1.54) is 24.1 Å². The number of hydrogen-bond donors (Lipinski definition) is 0. The summed E-state index contributed by atoms with van der Waals surface area (Å²) in [5.74, 6) is 0.491. The number of nitro benzene ring substituents is 2. The molecule has 11 heteroatoms. The van der Waals surface area contributed by atoms with Crippen LogP contribution in [0.1, 0.15) is 10.4 Å². The number of aromatic nitrogens is 2. The fourth-order valence-corrected chi connectivity index (χ4v) is 2.79. The van der Waals surface area contributed by atoms with Crippen molar-refractivity contribution >= 4 is 29.3 Å². The Morgan fingerprint density at radius 2 is 1.89 bits per heavy atom. The van der Waals surface area contributed by atoms with Crippen LogP contribution in [0.5, 0.6) is 5.75 Å². The third kappa shape index (κ3) is 3.40. The average Bonchev–Trinajstić information content (AvgIpc) is 3.11. The zero-order valence-electron chi connectivity index (χ0n) is 14.2. The van der Waals surface area contributed by atoms with Gasteiger partial charge in [-0.05, 0) is 18.2 Å². The van der Waals surface area contributed by atoms with Crippen molar-refractivity contribution in [2.24, 2.45) is 0 Å². The normalized spacial score (nSPS) is 10.5. The highest BCUT2D eigenvalue weighted by atomic mass is 35.5. The van der Waals surface area contributed by atoms with Gasteiger partial charge in [-0.3, -0.25) is 25.0 Å². The number of halogens is 1. The Morgan fingerprint density at radius 1 is 1.14 bits per heavy atom. The van der Waals surface area contributed by atoms with Gasteiger partial charge in [0.2, 0.25) is 0 Å². The van der Waals surface area contributed by atoms with Crippen LogP contribution in [0.2, 0.25) is 5.02 Å². The minimum Gasteiger partial charge on any atom is -0.497 e. The molecule has 0 amide bonds. The summed E-state index contributed by atoms with van der Waals surface area (Å²) in [6.45, 7) is 0. The second-order valence-electron chi connectivity index (χ2n) is 5.53. The van der Waals surface area contributed by atoms with Crippen molar-refractivity contribution in [1.82, 2.24) is 9.78 Å². The number of carbonyl (C=O) groups excluding carboxylic acids is 1. The molecule has 2 aromatic carbocycles. The summed E-state index contributed by atoms with van der Waals surface area (Å²) >= 11 is 6.19. The van der Waals surface area contributed by atoms with Gasteiger partial charge in [0.05, 0.1) is 44.9 Å². The average molecular weight is 403 g/mol. The first-order valence-corrected chi connectivity index (χ1v) is 8.05. The molecule has 1 aromatic heterocycles. The maximum Gasteiger partial charge on any atom is 0.285 e. The molecule has 28 heavy (non-hydrogen) atoms. The molecule has 0 fully saturated rings. The van der Waals surface area contributed by atoms with Gasteiger partial charge < -0.3 is 4.74 Å². The van der Waals surface area contributed by atoms with Crippen LogP contribution < -0.4 is 4.74 Å². The Kier molecular flexibility index (Phi) is 5.05. The van der Waals surface area contributed by atoms with Crippen molar-refractivity contribution in [3.8, 4) is 22.7 Å². The highest BCUT2D eigenvalue weighted by Gasteiger charge is 2.25. The van der Waals surface area contributed by atoms with E-state index in [1.54, 1.807) is 18.2 Å². The molecular formula is C17H11ClN4O6. The van der Waals surface area contributed by atoms with Gasteiger partial charge in [-0.2, -0.15) is 5.10 Å². The van der Waals surface area contributed by atoms with Crippen LogP contribution in [-0.4, -0.2) is 33.0 Å². The smallest absolute Gasteiger partial charge is 0.285 e. The van der Waals surface area contributed by atoms with Crippen molar-refractivity contribution in [1.29, 1.82) is 0 Å². The number of non-ortho nitro benzene ring substituents is 1. The zero-order chi connectivity index (χ0) is 20.4. The Bertz CT molecular complexity index is 1110. The molecule has 0 unspecified atom stereocenters. The minimum absolute atomic E-state index is 0.00418. The first-order chi connectivity index (χ1) is 13.3. The molecule has 0 atom stereocenters. The highest BCUT2D eigenvalue weighted by Crippen LogP contribution is 2.35. The van der Waals surface area contributed by atoms with Gasteiger partial charge in [-0.15, -0.1) is 0 Å². The molecular weight excluding hydrogens is 392 g/mol. The maximum atomic E-state index is 11.5. The molecule has 0 aliphatic rings. The lowest BCUT2D eigenvalue weighted by atomic mass is 10.1. The number of nitrogens with zero attached hydrogens (tertiary/aromatic N) is 4. The summed E-state index contributed by atoms with van der Waals surface area (Å²) in [6.07, 6.45) is 1.84. The summed E-state index contributed by atoms with van der Waals surface area (Å²) in [5.41, 5.74) is -0.584. The first-order valence-electron chi connectivity index (χ1n) is 7.67. The Hall–Kier alpha value is -3.79. The molecule has 0 saturated heterocycles. The molecule has 10 nitrogen and oxygen atoms in total. The third-order valence-corrected chi connectivity index (χ3v) is 4.23. The van der Waals surface area contributed by atoms with Crippen molar-refractivity contribution in [2.45, 2.75) is 0 Å². The van der Waals surface area contributed by atoms with Gasteiger partial charge in [0.15, 0.2) is 6.29 Å². The van der Waals surface area contributed by atoms with Crippen molar-refractivity contribution in [2.75, 3.05) is 7.11 Å². The van der Waals surface area contributed by atoms with Gasteiger partial charge in [0.25, 0.3) is 11.4 Å². The van der Waals surface area contributed by atoms with E-state index in [2.05, 4.69) is 5.10 Å². The lowest BCUT2D eigenvalue weighted by Crippen LogP contribution is -1.99. The van der Waals surface area contributed by atoms with Gasteiger partial charge in [0.1, 0.15) is 11.4 Å². The van der Waals surface area contributed by atoms with E-state index in [-0.39, 0.29) is 16.8 Å². The molecule has 0 N–H and O–H groups in total. The molecule has 0 aliphatic carbocycles. The van der Waals surface area contributed by atoms with E-state index in [9.17, 15) is 25.0 Å². The van der Waals surface area contributed by atoms with E-state index < -0.39 is 21.2 Å². The number of aldehydes is 1. The maximum absolute atomic E-state index is 11.5. The van der Waals surface area contributed by atoms with Gasteiger partial charge in [0, 0.05) is 18.3 Å². The second-order valence-corrected chi connectivity index (χ2v) is 5.94. The monoisotopic (exact) mass is 402 g/mol. The van der Waals surface area contributed by atoms with Crippen molar-refractivity contribution < 1.29 is 19.4 Å². The Labute approximate surface area is 162 Å². The molecule has 3 rings (SSSR count). The van der Waals surface area contributed by atoms with Crippen LogP contribution >= 0.6 is 11.6 Å². The van der Waals surface area contributed by atoms with Crippen molar-refractivity contribution in [3.63, 3.8) is 0 Å². The van der Waals surface area contributed by atoms with Crippen molar-refractivity contribution in [3.05, 3.63) is 73.4 Å². The van der Waals surface area contributed by atoms with E-state index in [0.717, 1.165) is 12.1 Å². The van der Waals surface area contributed by atoms with Crippen LogP contribution in [0.3, 0.4) is 0 Å². The quantitative estimate of drug-likeness (QED) is 0.347. The largest absolute Gasteiger partial charge is 0.497 e. The van der Waals surface area contributed by atoms with Gasteiger partial charge in [-0.1, -0.05) is 11.6 Å². The summed E-state index contributed by atoms with van der Waals surface area (Å²) in [6, 6.07) is 7.90. The SMILES string of the molecule is COc1ccc(Cl)c(-n2cc(C=O)c(-c3ccc([N+](=O)[O-])cc3[N+](=O)[O-])n2)c1. The van der Waals surface area contributed by atoms with Crippen LogP contribution in [0.4, 0.5) is 11.4 Å². The molecule has 0 bridgehead atoms. The fourth-order valence-electron chi connectivity index (χ4n) is 2.59. The lowest BCUT2D eigenvalue weighted by molar-refractivity contribution is -0.393. The lowest BCUT2D eigenvalue weighted by Gasteiger charge is -2.07. The predicted molar refractivity (Wildman–Crippen MR) is 99.3 cm³/mol. The minimum atomic E-state index is -0.769. The standard InChI is InChI=1S/C17H11ClN4O6/c1-28-12-3-5-14(18)16(7-12)20-8-10(9-23)17(19-20)13-4-2-11(21(24)25)6-15(13)22(26)27/h2-9H,1H3. The van der Waals surface area contributed by atoms with E-state index in [4.69, 9.17) is 16.3 Å². The van der Waals surface area contributed by atoms with Crippen LogP contribution in [0.15, 0.2) is 42.6 Å². The topological polar surface area (TPSA) is 130 Å². The number of hydrogen-bond acceptors (Lipinski definition) is 7. The highest BCUT2D eigenvalue weighted by molar-refractivity contribution is 6.32. The Morgan fingerprint density at radius 3 is 2.50 bits per heavy atom. The molecule has 0 saturated carbocycles. The number of carbonyl (C=O) groups is 1. The summed E-state index contributed by atoms with van der Waals surface area (Å²) < 4.78 is 6.43. The van der Waals surface area contributed by atoms with E-state index >= 15 is 0 Å². The number of benzene rings is 2. The van der Waals surface area contributed by atoms with Gasteiger partial charge in [-0.25, -0.2) is 4.68 Å². The molecule has 3 aromatic rings. The number of rotatable bonds is 6. The summed E-state index contributed by atoms with van der Waals surface area (Å²) in [4.78, 5) is 32.3. The third-order valence-electron chi connectivity index (χ3n) is 3.91. The second kappa shape index (κ2) is 7.45. The van der Waals surface area contributed by atoms with Crippen LogP contribution in [-0.2, 0) is 0 Å². The fraction of sp³-hybridized carbons (Fsp3) is 0.0588. The molecule has 142 valence electrons. The molecule has 1 heterocycles. The zero-order valence-corrected chi connectivity index (χ0v) is 15.0. The van der Waals surface area contributed by atoms with Crippen LogP contribution in [0.25, 0.3) is 16.9 Å². The summed E-state index contributed by atoms with van der Waals surface area (Å²) in [7, 11) is 1.47. The number of ether oxygens (including phenoxy) is 1. The summed E-state index contributed by atoms with van der Waals surface area (Å²) in [5, 5.41) is 26.9. The number of methoxy groups -OCH3 is 1.